The summed E-state index contributed by atoms with van der Waals surface area (Å²) in [5, 5.41) is 25.4. The number of thioether (sulfide) groups is 1. The number of benzene rings is 1. The van der Waals surface area contributed by atoms with E-state index < -0.39 is 47.7 Å². The maximum absolute atomic E-state index is 13.6. The van der Waals surface area contributed by atoms with Crippen molar-refractivity contribution in [2.45, 2.75) is 56.3 Å². The SMILES string of the molecule is COc1cc(CCNC(=O)[C@@H]2C[C@H](SC3=C(C(=O)O)N4C(=O)[C@H]([C@@H](C)O)[C@H]4[C@H]3C)CN2)c(C(F)(F)F)cc1OC. The highest BCUT2D eigenvalue weighted by molar-refractivity contribution is 8.03. The van der Waals surface area contributed by atoms with Gasteiger partial charge in [0.05, 0.1) is 43.9 Å². The zero-order chi connectivity index (χ0) is 29.5. The van der Waals surface area contributed by atoms with Gasteiger partial charge in [-0.1, -0.05) is 6.92 Å². The van der Waals surface area contributed by atoms with Crippen LogP contribution in [0.5, 0.6) is 11.5 Å². The summed E-state index contributed by atoms with van der Waals surface area (Å²) in [5.74, 6) is -2.85. The average Bonchev–Trinajstić information content (AvgIpc) is 3.44. The summed E-state index contributed by atoms with van der Waals surface area (Å²) < 4.78 is 50.9. The largest absolute Gasteiger partial charge is 0.493 e. The van der Waals surface area contributed by atoms with Crippen LogP contribution in [0.25, 0.3) is 0 Å². The summed E-state index contributed by atoms with van der Waals surface area (Å²) in [6, 6.07) is 1.09. The summed E-state index contributed by atoms with van der Waals surface area (Å²) in [6.45, 7) is 3.70. The molecule has 4 N–H and O–H groups in total. The van der Waals surface area contributed by atoms with Crippen LogP contribution >= 0.6 is 11.8 Å². The van der Waals surface area contributed by atoms with Crippen molar-refractivity contribution >= 4 is 29.5 Å². The molecule has 3 aliphatic rings. The second-order valence-electron chi connectivity index (χ2n) is 10.1. The van der Waals surface area contributed by atoms with Gasteiger partial charge in [0.1, 0.15) is 5.70 Å². The van der Waals surface area contributed by atoms with Crippen molar-refractivity contribution in [3.8, 4) is 11.5 Å². The number of methoxy groups -OCH3 is 2. The Morgan fingerprint density at radius 1 is 1.25 bits per heavy atom. The number of alkyl halides is 3. The molecule has 40 heavy (non-hydrogen) atoms. The summed E-state index contributed by atoms with van der Waals surface area (Å²) >= 11 is 1.31. The first-order valence-corrected chi connectivity index (χ1v) is 13.7. The van der Waals surface area contributed by atoms with Crippen LogP contribution in [0.1, 0.15) is 31.4 Å². The Balaban J connectivity index is 1.37. The maximum Gasteiger partial charge on any atom is 0.416 e. The number of hydrogen-bond acceptors (Lipinski definition) is 8. The van der Waals surface area contributed by atoms with E-state index >= 15 is 0 Å². The quantitative estimate of drug-likeness (QED) is 0.303. The number of hydrogen-bond donors (Lipinski definition) is 4. The number of carboxylic acids is 1. The Morgan fingerprint density at radius 2 is 1.90 bits per heavy atom. The van der Waals surface area contributed by atoms with Gasteiger partial charge in [-0.15, -0.1) is 11.8 Å². The Morgan fingerprint density at radius 3 is 2.48 bits per heavy atom. The first-order chi connectivity index (χ1) is 18.8. The molecular weight excluding hydrogens is 555 g/mol. The molecule has 3 heterocycles. The molecule has 0 bridgehead atoms. The molecule has 0 saturated carbocycles. The highest BCUT2D eigenvalue weighted by atomic mass is 32.2. The van der Waals surface area contributed by atoms with E-state index in [-0.39, 0.29) is 52.8 Å². The normalized spacial score (nSPS) is 26.9. The monoisotopic (exact) mass is 587 g/mol. The van der Waals surface area contributed by atoms with Gasteiger partial charge in [0, 0.05) is 29.2 Å². The Labute approximate surface area is 233 Å². The third-order valence-electron chi connectivity index (χ3n) is 7.62. The molecule has 4 rings (SSSR count). The Hall–Kier alpha value is -2.97. The molecule has 0 aliphatic carbocycles. The Bertz CT molecular complexity index is 1220. The fourth-order valence-corrected chi connectivity index (χ4v) is 7.17. The van der Waals surface area contributed by atoms with E-state index in [2.05, 4.69) is 10.6 Å². The van der Waals surface area contributed by atoms with Crippen molar-refractivity contribution in [2.75, 3.05) is 27.3 Å². The van der Waals surface area contributed by atoms with Gasteiger partial charge in [0.2, 0.25) is 11.8 Å². The van der Waals surface area contributed by atoms with Gasteiger partial charge >= 0.3 is 12.1 Å². The molecule has 3 aliphatic heterocycles. The van der Waals surface area contributed by atoms with Crippen LogP contribution in [0.15, 0.2) is 22.7 Å². The van der Waals surface area contributed by atoms with Crippen molar-refractivity contribution in [2.24, 2.45) is 11.8 Å². The topological polar surface area (TPSA) is 137 Å². The zero-order valence-corrected chi connectivity index (χ0v) is 23.2. The molecule has 14 heteroatoms. The lowest BCUT2D eigenvalue weighted by Crippen LogP contribution is -2.63. The van der Waals surface area contributed by atoms with E-state index in [1.807, 2.05) is 6.92 Å². The first kappa shape index (κ1) is 30.0. The number of aliphatic hydroxyl groups is 1. The number of carbonyl (C=O) groups excluding carboxylic acids is 2. The van der Waals surface area contributed by atoms with Gasteiger partial charge in [0.25, 0.3) is 0 Å². The van der Waals surface area contributed by atoms with E-state index in [1.54, 1.807) is 0 Å². The molecular formula is C26H32F3N3O7S. The van der Waals surface area contributed by atoms with E-state index in [9.17, 15) is 37.8 Å². The summed E-state index contributed by atoms with van der Waals surface area (Å²) in [5.41, 5.74) is -0.993. The minimum Gasteiger partial charge on any atom is -0.493 e. The molecule has 0 aromatic heterocycles. The van der Waals surface area contributed by atoms with Crippen molar-refractivity contribution in [1.82, 2.24) is 15.5 Å². The molecule has 1 aromatic carbocycles. The highest BCUT2D eigenvalue weighted by Gasteiger charge is 2.60. The summed E-state index contributed by atoms with van der Waals surface area (Å²) in [4.78, 5) is 39.1. The van der Waals surface area contributed by atoms with Gasteiger partial charge in [-0.25, -0.2) is 4.79 Å². The molecule has 10 nitrogen and oxygen atoms in total. The highest BCUT2D eigenvalue weighted by Crippen LogP contribution is 2.51. The number of nitrogens with one attached hydrogen (secondary N) is 2. The number of ether oxygens (including phenoxy) is 2. The van der Waals surface area contributed by atoms with Crippen LogP contribution in [0, 0.1) is 11.8 Å². The van der Waals surface area contributed by atoms with Gasteiger partial charge in [-0.3, -0.25) is 9.59 Å². The first-order valence-electron chi connectivity index (χ1n) is 12.8. The fourth-order valence-electron chi connectivity index (χ4n) is 5.69. The van der Waals surface area contributed by atoms with Crippen molar-refractivity contribution in [1.29, 1.82) is 0 Å². The third-order valence-corrected chi connectivity index (χ3v) is 9.13. The fraction of sp³-hybridized carbons (Fsp3) is 0.577. The molecule has 220 valence electrons. The number of amides is 2. The average molecular weight is 588 g/mol. The maximum atomic E-state index is 13.6. The van der Waals surface area contributed by atoms with Crippen LogP contribution in [0.2, 0.25) is 0 Å². The standard InChI is InChI=1S/C26H32F3N3O7S/c1-11-20-19(12(2)33)24(35)32(20)21(25(36)37)22(11)40-14-8-16(31-10-14)23(34)30-6-5-13-7-17(38-3)18(39-4)9-15(13)26(27,28)29/h7,9,11-12,14,16,19-20,31,33H,5-6,8,10H2,1-4H3,(H,30,34)(H,36,37)/t11-,12-,14+,16+,19-,20-/m1/s1. The summed E-state index contributed by atoms with van der Waals surface area (Å²) in [6.07, 6.45) is -5.24. The molecule has 0 spiro atoms. The Kier molecular flexibility index (Phi) is 8.62. The minimum atomic E-state index is -4.62. The van der Waals surface area contributed by atoms with Crippen molar-refractivity contribution in [3.05, 3.63) is 33.9 Å². The third kappa shape index (κ3) is 5.48. The number of nitrogens with zero attached hydrogens (tertiary/aromatic N) is 1. The number of halogens is 3. The smallest absolute Gasteiger partial charge is 0.416 e. The number of carboxylic acid groups (broad SMARTS) is 1. The van der Waals surface area contributed by atoms with E-state index in [4.69, 9.17) is 9.47 Å². The molecule has 2 saturated heterocycles. The van der Waals surface area contributed by atoms with E-state index in [0.29, 0.717) is 17.9 Å². The van der Waals surface area contributed by atoms with Gasteiger partial charge in [-0.05, 0) is 37.5 Å². The molecule has 1 aromatic rings. The molecule has 0 radical (unpaired) electrons. The zero-order valence-electron chi connectivity index (χ0n) is 22.4. The second-order valence-corrected chi connectivity index (χ2v) is 11.5. The minimum absolute atomic E-state index is 0.0434. The summed E-state index contributed by atoms with van der Waals surface area (Å²) in [7, 11) is 2.57. The van der Waals surface area contributed by atoms with Crippen LogP contribution in [-0.4, -0.2) is 83.6 Å². The molecule has 0 unspecified atom stereocenters. The molecule has 2 fully saturated rings. The number of fused-ring (bicyclic) bond motifs is 1. The molecule has 2 amide bonds. The van der Waals surface area contributed by atoms with Gasteiger partial charge < -0.3 is 35.2 Å². The van der Waals surface area contributed by atoms with Crippen LogP contribution < -0.4 is 20.1 Å². The van der Waals surface area contributed by atoms with E-state index in [1.165, 1.54) is 43.9 Å². The van der Waals surface area contributed by atoms with Crippen LogP contribution in [0.3, 0.4) is 0 Å². The van der Waals surface area contributed by atoms with Gasteiger partial charge in [-0.2, -0.15) is 13.2 Å². The predicted octanol–water partition coefficient (Wildman–Crippen LogP) is 2.00. The second kappa shape index (κ2) is 11.5. The number of aliphatic hydroxyl groups excluding tert-OH is 1. The lowest BCUT2D eigenvalue weighted by molar-refractivity contribution is -0.163. The number of β-lactam (4-membered cyclic amide) rings is 1. The van der Waals surface area contributed by atoms with Crippen molar-refractivity contribution in [3.63, 3.8) is 0 Å². The van der Waals surface area contributed by atoms with Crippen LogP contribution in [-0.2, 0) is 27.0 Å². The van der Waals surface area contributed by atoms with Gasteiger partial charge in [0.15, 0.2) is 11.5 Å². The van der Waals surface area contributed by atoms with Crippen molar-refractivity contribution < 1.29 is 47.2 Å². The van der Waals surface area contributed by atoms with E-state index in [0.717, 1.165) is 6.07 Å². The lowest BCUT2D eigenvalue weighted by atomic mass is 9.79. The number of aliphatic carboxylic acids is 1. The van der Waals surface area contributed by atoms with Crippen LogP contribution in [0.4, 0.5) is 13.2 Å². The molecule has 6 atom stereocenters. The predicted molar refractivity (Wildman–Crippen MR) is 139 cm³/mol. The number of carbonyl (C=O) groups is 3. The number of rotatable bonds is 10. The lowest BCUT2D eigenvalue weighted by Gasteiger charge is -2.46.